The van der Waals surface area contributed by atoms with Gasteiger partial charge in [-0.05, 0) is 48.5 Å². The lowest BCUT2D eigenvalue weighted by molar-refractivity contribution is 0.182. The fourth-order valence-electron chi connectivity index (χ4n) is 0.608. The number of hydrogen-bond donors (Lipinski definition) is 2. The number of hydrogen-bond acceptors (Lipinski definition) is 4. The number of aliphatic hydroxyl groups excluding tert-OH is 2. The molecular formula is C11H28N2O2. The first-order valence-electron chi connectivity index (χ1n) is 5.41. The Hall–Kier alpha value is -0.160. The van der Waals surface area contributed by atoms with E-state index in [1.807, 2.05) is 40.0 Å². The normalized spacial score (nSPS) is 14.8. The van der Waals surface area contributed by atoms with Crippen LogP contribution in [0, 0.1) is 0 Å². The average molecular weight is 220 g/mol. The molecule has 0 amide bonds. The van der Waals surface area contributed by atoms with E-state index in [0.717, 1.165) is 6.42 Å². The third-order valence-electron chi connectivity index (χ3n) is 2.57. The van der Waals surface area contributed by atoms with Crippen molar-refractivity contribution in [1.82, 2.24) is 9.80 Å². The van der Waals surface area contributed by atoms with Crippen molar-refractivity contribution < 1.29 is 10.2 Å². The summed E-state index contributed by atoms with van der Waals surface area (Å²) in [6.45, 7) is 4.60. The van der Waals surface area contributed by atoms with E-state index >= 15 is 0 Å². The number of likely N-dealkylation sites (N-methyl/N-ethyl adjacent to an activating group) is 1. The van der Waals surface area contributed by atoms with E-state index in [0.29, 0.717) is 18.7 Å². The zero-order valence-corrected chi connectivity index (χ0v) is 11.1. The van der Waals surface area contributed by atoms with Gasteiger partial charge in [0.25, 0.3) is 0 Å². The van der Waals surface area contributed by atoms with Crippen molar-refractivity contribution in [3.05, 3.63) is 0 Å². The van der Waals surface area contributed by atoms with Crippen LogP contribution in [0.4, 0.5) is 0 Å². The Morgan fingerprint density at radius 1 is 0.867 bits per heavy atom. The third-order valence-corrected chi connectivity index (χ3v) is 2.57. The van der Waals surface area contributed by atoms with Gasteiger partial charge in [-0.25, -0.2) is 0 Å². The summed E-state index contributed by atoms with van der Waals surface area (Å²) < 4.78 is 0. The van der Waals surface area contributed by atoms with Crippen molar-refractivity contribution in [1.29, 1.82) is 0 Å². The molecule has 94 valence electrons. The van der Waals surface area contributed by atoms with Gasteiger partial charge in [-0.15, -0.1) is 0 Å². The zero-order valence-electron chi connectivity index (χ0n) is 11.1. The average Bonchev–Trinajstić information content (AvgIpc) is 2.17. The van der Waals surface area contributed by atoms with Crippen LogP contribution < -0.4 is 0 Å². The van der Waals surface area contributed by atoms with Gasteiger partial charge < -0.3 is 20.0 Å². The molecule has 4 nitrogen and oxygen atoms in total. The van der Waals surface area contributed by atoms with E-state index < -0.39 is 0 Å². The molecule has 0 radical (unpaired) electrons. The Bertz CT molecular complexity index is 130. The molecule has 2 N–H and O–H groups in total. The second-order valence-electron chi connectivity index (χ2n) is 4.32. The monoisotopic (exact) mass is 220 g/mol. The van der Waals surface area contributed by atoms with Crippen molar-refractivity contribution in [2.45, 2.75) is 32.4 Å². The fourth-order valence-corrected chi connectivity index (χ4v) is 0.608. The van der Waals surface area contributed by atoms with Gasteiger partial charge in [0.15, 0.2) is 0 Å². The zero-order chi connectivity index (χ0) is 12.4. The molecule has 0 aromatic heterocycles. The van der Waals surface area contributed by atoms with Gasteiger partial charge in [0, 0.05) is 18.7 Å². The maximum atomic E-state index is 8.46. The molecule has 0 aromatic rings. The van der Waals surface area contributed by atoms with Gasteiger partial charge in [0.05, 0.1) is 6.61 Å². The summed E-state index contributed by atoms with van der Waals surface area (Å²) in [5, 5.41) is 16.9. The summed E-state index contributed by atoms with van der Waals surface area (Å²) in [5.74, 6) is 0. The van der Waals surface area contributed by atoms with Crippen LogP contribution in [0.1, 0.15) is 20.3 Å². The smallest absolute Gasteiger partial charge is 0.0583 e. The lowest BCUT2D eigenvalue weighted by Crippen LogP contribution is -2.27. The molecule has 0 aliphatic heterocycles. The van der Waals surface area contributed by atoms with Gasteiger partial charge in [0.2, 0.25) is 0 Å². The minimum atomic E-state index is 0.243. The minimum absolute atomic E-state index is 0.243. The second kappa shape index (κ2) is 10.4. The minimum Gasteiger partial charge on any atom is -0.396 e. The van der Waals surface area contributed by atoms with Crippen LogP contribution in [0.3, 0.4) is 0 Å². The Morgan fingerprint density at radius 2 is 1.27 bits per heavy atom. The maximum absolute atomic E-state index is 8.46. The van der Waals surface area contributed by atoms with Gasteiger partial charge in [-0.1, -0.05) is 0 Å². The number of nitrogens with zero attached hydrogens (tertiary/aromatic N) is 2. The highest BCUT2D eigenvalue weighted by Crippen LogP contribution is 1.94. The SMILES string of the molecule is CC(CCO)N(C)C.CC(CO)N(C)C. The van der Waals surface area contributed by atoms with Crippen molar-refractivity contribution in [3.63, 3.8) is 0 Å². The number of aliphatic hydroxyl groups is 2. The van der Waals surface area contributed by atoms with Crippen LogP contribution in [-0.2, 0) is 0 Å². The van der Waals surface area contributed by atoms with Gasteiger partial charge in [-0.3, -0.25) is 0 Å². The first-order chi connectivity index (χ1) is 6.86. The molecule has 0 saturated heterocycles. The molecule has 2 atom stereocenters. The summed E-state index contributed by atoms with van der Waals surface area (Å²) in [6, 6.07) is 0.792. The molecule has 4 heteroatoms. The maximum Gasteiger partial charge on any atom is 0.0583 e. The summed E-state index contributed by atoms with van der Waals surface area (Å²) in [5.41, 5.74) is 0. The summed E-state index contributed by atoms with van der Waals surface area (Å²) in [7, 11) is 7.92. The number of rotatable bonds is 5. The quantitative estimate of drug-likeness (QED) is 0.697. The van der Waals surface area contributed by atoms with E-state index in [1.165, 1.54) is 0 Å². The summed E-state index contributed by atoms with van der Waals surface area (Å²) >= 11 is 0. The first-order valence-corrected chi connectivity index (χ1v) is 5.41. The third kappa shape index (κ3) is 11.8. The summed E-state index contributed by atoms with van der Waals surface area (Å²) in [6.07, 6.45) is 0.868. The molecular weight excluding hydrogens is 192 g/mol. The van der Waals surface area contributed by atoms with E-state index in [9.17, 15) is 0 Å². The molecule has 0 saturated carbocycles. The second-order valence-corrected chi connectivity index (χ2v) is 4.32. The van der Waals surface area contributed by atoms with Crippen LogP contribution in [0.25, 0.3) is 0 Å². The van der Waals surface area contributed by atoms with Crippen LogP contribution >= 0.6 is 0 Å². The molecule has 0 aliphatic rings. The molecule has 0 rings (SSSR count). The van der Waals surface area contributed by atoms with Crippen LogP contribution in [-0.4, -0.2) is 73.5 Å². The molecule has 0 aliphatic carbocycles. The van der Waals surface area contributed by atoms with Crippen molar-refractivity contribution in [2.24, 2.45) is 0 Å². The van der Waals surface area contributed by atoms with Crippen molar-refractivity contribution in [2.75, 3.05) is 41.4 Å². The fraction of sp³-hybridized carbons (Fsp3) is 1.00. The Labute approximate surface area is 94.5 Å². The molecule has 15 heavy (non-hydrogen) atoms. The summed E-state index contributed by atoms with van der Waals surface area (Å²) in [4.78, 5) is 4.07. The van der Waals surface area contributed by atoms with Crippen molar-refractivity contribution in [3.8, 4) is 0 Å². The molecule has 2 unspecified atom stereocenters. The molecule has 0 bridgehead atoms. The first kappa shape index (κ1) is 17.2. The van der Waals surface area contributed by atoms with Crippen LogP contribution in [0.15, 0.2) is 0 Å². The highest BCUT2D eigenvalue weighted by atomic mass is 16.3. The van der Waals surface area contributed by atoms with Gasteiger partial charge >= 0.3 is 0 Å². The van der Waals surface area contributed by atoms with Gasteiger partial charge in [0.1, 0.15) is 0 Å². The largest absolute Gasteiger partial charge is 0.396 e. The molecule has 0 heterocycles. The molecule has 0 aromatic carbocycles. The topological polar surface area (TPSA) is 46.9 Å². The van der Waals surface area contributed by atoms with E-state index in [2.05, 4.69) is 11.8 Å². The predicted octanol–water partition coefficient (Wildman–Crippen LogP) is 0.248. The lowest BCUT2D eigenvalue weighted by atomic mass is 10.2. The standard InChI is InChI=1S/C6H15NO.C5H13NO/c1-6(4-5-8)7(2)3;1-5(4-7)6(2)3/h6,8H,4-5H2,1-3H3;5,7H,4H2,1-3H3. The Morgan fingerprint density at radius 3 is 1.33 bits per heavy atom. The Kier molecular flexibility index (Phi) is 11.9. The lowest BCUT2D eigenvalue weighted by Gasteiger charge is -2.17. The van der Waals surface area contributed by atoms with Crippen LogP contribution in [0.2, 0.25) is 0 Å². The van der Waals surface area contributed by atoms with E-state index in [4.69, 9.17) is 10.2 Å². The van der Waals surface area contributed by atoms with E-state index in [1.54, 1.807) is 0 Å². The van der Waals surface area contributed by atoms with Gasteiger partial charge in [-0.2, -0.15) is 0 Å². The van der Waals surface area contributed by atoms with Crippen molar-refractivity contribution >= 4 is 0 Å². The highest BCUT2D eigenvalue weighted by Gasteiger charge is 2.00. The van der Waals surface area contributed by atoms with Crippen LogP contribution in [0.5, 0.6) is 0 Å². The predicted molar refractivity (Wildman–Crippen MR) is 65.1 cm³/mol. The molecule has 0 spiro atoms. The molecule has 0 fully saturated rings. The Balaban J connectivity index is 0. The highest BCUT2D eigenvalue weighted by molar-refractivity contribution is 4.56. The van der Waals surface area contributed by atoms with E-state index in [-0.39, 0.29) is 6.61 Å².